The van der Waals surface area contributed by atoms with Crippen molar-refractivity contribution in [2.24, 2.45) is 0 Å². The Balaban J connectivity index is 2.96. The van der Waals surface area contributed by atoms with E-state index in [1.165, 1.54) is 11.9 Å². The fourth-order valence-electron chi connectivity index (χ4n) is 1.18. The van der Waals surface area contributed by atoms with Crippen molar-refractivity contribution in [2.45, 2.75) is 6.92 Å². The third kappa shape index (κ3) is 2.73. The molecule has 0 unspecified atom stereocenters. The normalized spacial score (nSPS) is 9.69. The summed E-state index contributed by atoms with van der Waals surface area (Å²) in [7, 11) is 1.50. The smallest absolute Gasteiger partial charge is 0.290 e. The number of hydrogen-bond donors (Lipinski definition) is 0. The van der Waals surface area contributed by atoms with E-state index >= 15 is 0 Å². The zero-order chi connectivity index (χ0) is 12.1. The van der Waals surface area contributed by atoms with Gasteiger partial charge in [-0.3, -0.25) is 9.59 Å². The van der Waals surface area contributed by atoms with Gasteiger partial charge in [0.1, 0.15) is 5.75 Å². The van der Waals surface area contributed by atoms with Gasteiger partial charge in [-0.05, 0) is 25.1 Å². The third-order valence-corrected chi connectivity index (χ3v) is 2.33. The summed E-state index contributed by atoms with van der Waals surface area (Å²) in [6, 6.07) is 4.90. The predicted octanol–water partition coefficient (Wildman–Crippen LogP) is 1.90. The summed E-state index contributed by atoms with van der Waals surface area (Å²) in [6.07, 6.45) is 0.254. The Morgan fingerprint density at radius 3 is 2.75 bits per heavy atom. The van der Waals surface area contributed by atoms with Crippen molar-refractivity contribution in [1.29, 1.82) is 0 Å². The first kappa shape index (κ1) is 12.5. The van der Waals surface area contributed by atoms with E-state index in [0.29, 0.717) is 23.1 Å². The van der Waals surface area contributed by atoms with E-state index < -0.39 is 5.91 Å². The minimum Gasteiger partial charge on any atom is -0.492 e. The number of rotatable bonds is 4. The number of carbonyl (C=O) groups is 2. The predicted molar refractivity (Wildman–Crippen MR) is 62.1 cm³/mol. The molecule has 4 nitrogen and oxygen atoms in total. The maximum absolute atomic E-state index is 11.1. The van der Waals surface area contributed by atoms with Crippen LogP contribution in [0.1, 0.15) is 6.92 Å². The first-order chi connectivity index (χ1) is 7.60. The molecule has 0 saturated heterocycles. The number of nitrogens with zero attached hydrogens (tertiary/aromatic N) is 1. The fraction of sp³-hybridized carbons (Fsp3) is 0.273. The van der Waals surface area contributed by atoms with Crippen LogP contribution in [0.4, 0.5) is 5.69 Å². The summed E-state index contributed by atoms with van der Waals surface area (Å²) < 4.78 is 5.25. The highest BCUT2D eigenvalue weighted by Crippen LogP contribution is 2.28. The van der Waals surface area contributed by atoms with Crippen molar-refractivity contribution in [3.63, 3.8) is 0 Å². The van der Waals surface area contributed by atoms with Gasteiger partial charge in [-0.15, -0.1) is 0 Å². The molecule has 0 aliphatic heterocycles. The average Bonchev–Trinajstić information content (AvgIpc) is 2.30. The Bertz CT molecular complexity index is 406. The second-order valence-electron chi connectivity index (χ2n) is 3.06. The number of amides is 1. The number of benzene rings is 1. The van der Waals surface area contributed by atoms with Gasteiger partial charge in [-0.2, -0.15) is 0 Å². The van der Waals surface area contributed by atoms with Crippen LogP contribution >= 0.6 is 11.6 Å². The van der Waals surface area contributed by atoms with Gasteiger partial charge >= 0.3 is 0 Å². The van der Waals surface area contributed by atoms with Gasteiger partial charge in [0.2, 0.25) is 6.29 Å². The minimum absolute atomic E-state index is 0.254. The van der Waals surface area contributed by atoms with Crippen LogP contribution in [-0.4, -0.2) is 25.8 Å². The topological polar surface area (TPSA) is 46.6 Å². The molecular weight excluding hydrogens is 230 g/mol. The molecule has 1 rings (SSSR count). The Morgan fingerprint density at radius 1 is 1.56 bits per heavy atom. The van der Waals surface area contributed by atoms with E-state index in [1.54, 1.807) is 18.2 Å². The Labute approximate surface area is 98.8 Å². The minimum atomic E-state index is -0.625. The summed E-state index contributed by atoms with van der Waals surface area (Å²) >= 11 is 5.95. The van der Waals surface area contributed by atoms with Crippen molar-refractivity contribution in [2.75, 3.05) is 18.6 Å². The average molecular weight is 242 g/mol. The first-order valence-electron chi connectivity index (χ1n) is 4.75. The SMILES string of the molecule is CCOc1ccc(N(C)C(=O)C=O)cc1Cl. The van der Waals surface area contributed by atoms with Crippen LogP contribution < -0.4 is 9.64 Å². The lowest BCUT2D eigenvalue weighted by atomic mass is 10.3. The van der Waals surface area contributed by atoms with Gasteiger partial charge < -0.3 is 9.64 Å². The molecule has 0 bridgehead atoms. The van der Waals surface area contributed by atoms with E-state index in [4.69, 9.17) is 16.3 Å². The second kappa shape index (κ2) is 5.51. The molecule has 1 aromatic carbocycles. The zero-order valence-electron chi connectivity index (χ0n) is 9.07. The molecule has 1 aromatic rings. The molecular formula is C11H12ClNO3. The van der Waals surface area contributed by atoms with Gasteiger partial charge in [0.25, 0.3) is 5.91 Å². The van der Waals surface area contributed by atoms with Crippen molar-refractivity contribution in [3.05, 3.63) is 23.2 Å². The molecule has 0 aliphatic rings. The van der Waals surface area contributed by atoms with Gasteiger partial charge in [0.05, 0.1) is 11.6 Å². The van der Waals surface area contributed by atoms with Gasteiger partial charge in [-0.25, -0.2) is 0 Å². The monoisotopic (exact) mass is 241 g/mol. The largest absolute Gasteiger partial charge is 0.492 e. The number of hydrogen-bond acceptors (Lipinski definition) is 3. The van der Waals surface area contributed by atoms with Crippen LogP contribution in [0.25, 0.3) is 0 Å². The molecule has 16 heavy (non-hydrogen) atoms. The van der Waals surface area contributed by atoms with Crippen LogP contribution in [-0.2, 0) is 9.59 Å². The number of anilines is 1. The molecule has 0 aromatic heterocycles. The van der Waals surface area contributed by atoms with Crippen molar-refractivity contribution in [3.8, 4) is 5.75 Å². The Kier molecular flexibility index (Phi) is 4.31. The van der Waals surface area contributed by atoms with Crippen molar-refractivity contribution < 1.29 is 14.3 Å². The lowest BCUT2D eigenvalue weighted by molar-refractivity contribution is -0.129. The van der Waals surface area contributed by atoms with Crippen LogP contribution in [0, 0.1) is 0 Å². The molecule has 1 amide bonds. The highest BCUT2D eigenvalue weighted by molar-refractivity contribution is 6.33. The molecule has 5 heteroatoms. The molecule has 0 heterocycles. The van der Waals surface area contributed by atoms with Crippen molar-refractivity contribution in [1.82, 2.24) is 0 Å². The molecule has 0 spiro atoms. The lowest BCUT2D eigenvalue weighted by Gasteiger charge is -2.15. The fourth-order valence-corrected chi connectivity index (χ4v) is 1.41. The molecule has 86 valence electrons. The molecule has 0 radical (unpaired) electrons. The van der Waals surface area contributed by atoms with Crippen LogP contribution in [0.2, 0.25) is 5.02 Å². The number of carbonyl (C=O) groups excluding carboxylic acids is 2. The Morgan fingerprint density at radius 2 is 2.25 bits per heavy atom. The number of ether oxygens (including phenoxy) is 1. The molecule has 0 aliphatic carbocycles. The summed E-state index contributed by atoms with van der Waals surface area (Å²) in [5.74, 6) is -0.0694. The molecule has 0 N–H and O–H groups in total. The summed E-state index contributed by atoms with van der Waals surface area (Å²) in [4.78, 5) is 22.7. The van der Waals surface area contributed by atoms with E-state index in [0.717, 1.165) is 0 Å². The highest BCUT2D eigenvalue weighted by atomic mass is 35.5. The van der Waals surface area contributed by atoms with Crippen LogP contribution in [0.5, 0.6) is 5.75 Å². The standard InChI is InChI=1S/C11H12ClNO3/c1-3-16-10-5-4-8(6-9(10)12)13(2)11(15)7-14/h4-7H,3H2,1-2H3. The molecule has 0 fully saturated rings. The van der Waals surface area contributed by atoms with Crippen LogP contribution in [0.15, 0.2) is 18.2 Å². The summed E-state index contributed by atoms with van der Waals surface area (Å²) in [6.45, 7) is 2.37. The van der Waals surface area contributed by atoms with Gasteiger partial charge in [-0.1, -0.05) is 11.6 Å². The zero-order valence-corrected chi connectivity index (χ0v) is 9.82. The number of halogens is 1. The molecule has 0 saturated carbocycles. The maximum atomic E-state index is 11.1. The maximum Gasteiger partial charge on any atom is 0.290 e. The summed E-state index contributed by atoms with van der Waals surface area (Å²) in [5.41, 5.74) is 0.547. The second-order valence-corrected chi connectivity index (χ2v) is 3.47. The third-order valence-electron chi connectivity index (χ3n) is 2.03. The molecule has 0 atom stereocenters. The van der Waals surface area contributed by atoms with E-state index in [2.05, 4.69) is 0 Å². The lowest BCUT2D eigenvalue weighted by Crippen LogP contribution is -2.26. The first-order valence-corrected chi connectivity index (χ1v) is 5.13. The Hall–Kier alpha value is -1.55. The van der Waals surface area contributed by atoms with Gasteiger partial charge in [0.15, 0.2) is 0 Å². The number of likely N-dealkylation sites (N-methyl/N-ethyl adjacent to an activating group) is 1. The quantitative estimate of drug-likeness (QED) is 0.598. The van der Waals surface area contributed by atoms with Crippen LogP contribution in [0.3, 0.4) is 0 Å². The number of aldehydes is 1. The van der Waals surface area contributed by atoms with Crippen molar-refractivity contribution >= 4 is 29.5 Å². The van der Waals surface area contributed by atoms with Gasteiger partial charge in [0, 0.05) is 12.7 Å². The summed E-state index contributed by atoms with van der Waals surface area (Å²) in [5, 5.41) is 0.407. The van der Waals surface area contributed by atoms with E-state index in [9.17, 15) is 9.59 Å². The van der Waals surface area contributed by atoms with E-state index in [-0.39, 0.29) is 6.29 Å². The van der Waals surface area contributed by atoms with E-state index in [1.807, 2.05) is 6.92 Å². The highest BCUT2D eigenvalue weighted by Gasteiger charge is 2.11.